The summed E-state index contributed by atoms with van der Waals surface area (Å²) < 4.78 is 0. The zero-order chi connectivity index (χ0) is 11.8. The molecule has 0 radical (unpaired) electrons. The third-order valence-electron chi connectivity index (χ3n) is 2.67. The molecule has 17 heavy (non-hydrogen) atoms. The van der Waals surface area contributed by atoms with Gasteiger partial charge in [0.25, 0.3) is 5.91 Å². The van der Waals surface area contributed by atoms with Crippen molar-refractivity contribution in [2.24, 2.45) is 20.2 Å². The van der Waals surface area contributed by atoms with E-state index in [1.165, 1.54) is 6.34 Å². The molecule has 0 aliphatic carbocycles. The summed E-state index contributed by atoms with van der Waals surface area (Å²) in [6.07, 6.45) is 1.21. The van der Waals surface area contributed by atoms with Gasteiger partial charge in [-0.05, 0) is 12.5 Å². The number of aryl methyl sites for hydroxylation is 1. The predicted molar refractivity (Wildman–Crippen MR) is 63.9 cm³/mol. The smallest absolute Gasteiger partial charge is 0.266 e. The molecule has 5 heteroatoms. The minimum absolute atomic E-state index is 0.335. The van der Waals surface area contributed by atoms with E-state index in [9.17, 15) is 4.79 Å². The Morgan fingerprint density at radius 2 is 1.94 bits per heavy atom. The maximum absolute atomic E-state index is 11.7. The van der Waals surface area contributed by atoms with Crippen LogP contribution in [0.15, 0.2) is 50.1 Å². The van der Waals surface area contributed by atoms with Crippen LogP contribution in [-0.2, 0) is 4.79 Å². The monoisotopic (exact) mass is 224 g/mol. The topological polar surface area (TPSA) is 66.5 Å². The van der Waals surface area contributed by atoms with Crippen LogP contribution >= 0.6 is 0 Å². The van der Waals surface area contributed by atoms with Crippen molar-refractivity contribution in [1.82, 2.24) is 0 Å². The van der Waals surface area contributed by atoms with Crippen molar-refractivity contribution in [3.63, 3.8) is 0 Å². The molecule has 0 atom stereocenters. The molecular weight excluding hydrogens is 216 g/mol. The Bertz CT molecular complexity index is 638. The van der Waals surface area contributed by atoms with Crippen molar-refractivity contribution in [2.75, 3.05) is 0 Å². The van der Waals surface area contributed by atoms with E-state index in [0.717, 1.165) is 11.1 Å². The summed E-state index contributed by atoms with van der Waals surface area (Å²) in [6, 6.07) is 7.71. The summed E-state index contributed by atoms with van der Waals surface area (Å²) in [6.45, 7) is 1.96. The number of amides is 1. The number of fused-ring (bicyclic) bond motifs is 1. The average Bonchev–Trinajstić information content (AvgIpc) is 2.75. The number of benzene rings is 1. The van der Waals surface area contributed by atoms with Gasteiger partial charge >= 0.3 is 0 Å². The number of carbonyl (C=O) groups excluding carboxylic acids is 1. The molecule has 0 N–H and O–H groups in total. The van der Waals surface area contributed by atoms with Crippen LogP contribution in [0.4, 0.5) is 0 Å². The fourth-order valence-corrected chi connectivity index (χ4v) is 1.82. The van der Waals surface area contributed by atoms with Crippen molar-refractivity contribution in [3.05, 3.63) is 41.0 Å². The predicted octanol–water partition coefficient (Wildman–Crippen LogP) is 2.14. The molecule has 0 aromatic heterocycles. The fraction of sp³-hybridized carbons (Fsp3) is 0.0833. The van der Waals surface area contributed by atoms with Crippen LogP contribution < -0.4 is 0 Å². The van der Waals surface area contributed by atoms with Crippen molar-refractivity contribution in [1.29, 1.82) is 0 Å². The lowest BCUT2D eigenvalue weighted by Crippen LogP contribution is -2.12. The molecular formula is C12H8N4O. The molecule has 0 saturated carbocycles. The zero-order valence-electron chi connectivity index (χ0n) is 9.08. The lowest BCUT2D eigenvalue weighted by molar-refractivity contribution is -0.113. The first-order chi connectivity index (χ1) is 8.27. The molecule has 0 fully saturated rings. The van der Waals surface area contributed by atoms with E-state index < -0.39 is 0 Å². The van der Waals surface area contributed by atoms with Gasteiger partial charge in [0.05, 0.1) is 0 Å². The van der Waals surface area contributed by atoms with Gasteiger partial charge < -0.3 is 0 Å². The second-order valence-electron chi connectivity index (χ2n) is 3.74. The van der Waals surface area contributed by atoms with Gasteiger partial charge in [-0.3, -0.25) is 4.79 Å². The second-order valence-corrected chi connectivity index (χ2v) is 3.74. The molecule has 0 bridgehead atoms. The van der Waals surface area contributed by atoms with Crippen LogP contribution in [0.2, 0.25) is 0 Å². The molecule has 1 aromatic carbocycles. The van der Waals surface area contributed by atoms with Crippen LogP contribution in [0.1, 0.15) is 11.1 Å². The maximum Gasteiger partial charge on any atom is 0.284 e. The van der Waals surface area contributed by atoms with Gasteiger partial charge in [-0.1, -0.05) is 24.3 Å². The van der Waals surface area contributed by atoms with Crippen LogP contribution in [0.3, 0.4) is 0 Å². The van der Waals surface area contributed by atoms with Crippen LogP contribution in [0.5, 0.6) is 0 Å². The highest BCUT2D eigenvalue weighted by molar-refractivity contribution is 6.31. The number of amidine groups is 1. The molecule has 2 aliphatic rings. The van der Waals surface area contributed by atoms with Gasteiger partial charge in [0.15, 0.2) is 5.84 Å². The first kappa shape index (κ1) is 9.77. The molecule has 2 heterocycles. The molecule has 1 amide bonds. The normalized spacial score (nSPS) is 17.5. The van der Waals surface area contributed by atoms with Crippen molar-refractivity contribution >= 4 is 23.8 Å². The number of nitrogens with zero attached hydrogens (tertiary/aromatic N) is 4. The lowest BCUT2D eigenvalue weighted by atomic mass is 10.0. The second kappa shape index (κ2) is 3.55. The summed E-state index contributed by atoms with van der Waals surface area (Å²) in [5.74, 6) is 0.0153. The molecule has 82 valence electrons. The largest absolute Gasteiger partial charge is 0.284 e. The highest BCUT2D eigenvalue weighted by atomic mass is 16.1. The third-order valence-corrected chi connectivity index (χ3v) is 2.67. The summed E-state index contributed by atoms with van der Waals surface area (Å²) in [5, 5.41) is 7.93. The lowest BCUT2D eigenvalue weighted by Gasteiger charge is -2.05. The van der Waals surface area contributed by atoms with Crippen LogP contribution in [0.25, 0.3) is 5.70 Å². The number of hydrogen-bond donors (Lipinski definition) is 0. The Kier molecular flexibility index (Phi) is 2.04. The van der Waals surface area contributed by atoms with E-state index in [1.807, 2.05) is 31.2 Å². The summed E-state index contributed by atoms with van der Waals surface area (Å²) >= 11 is 0. The number of hydrogen-bond acceptors (Lipinski definition) is 4. The maximum atomic E-state index is 11.7. The fourth-order valence-electron chi connectivity index (χ4n) is 1.82. The minimum atomic E-state index is -0.335. The molecule has 2 aliphatic heterocycles. The number of rotatable bonds is 1. The number of azo groups is 1. The third kappa shape index (κ3) is 1.44. The molecule has 0 unspecified atom stereocenters. The molecule has 3 rings (SSSR count). The van der Waals surface area contributed by atoms with Crippen molar-refractivity contribution in [2.45, 2.75) is 6.92 Å². The Morgan fingerprint density at radius 3 is 2.76 bits per heavy atom. The van der Waals surface area contributed by atoms with Crippen LogP contribution in [0, 0.1) is 6.92 Å². The Hall–Kier alpha value is -2.43. The highest BCUT2D eigenvalue weighted by Gasteiger charge is 2.29. The van der Waals surface area contributed by atoms with Gasteiger partial charge in [0.2, 0.25) is 0 Å². The summed E-state index contributed by atoms with van der Waals surface area (Å²) in [4.78, 5) is 19.3. The van der Waals surface area contributed by atoms with E-state index in [-0.39, 0.29) is 5.91 Å². The first-order valence-corrected chi connectivity index (χ1v) is 5.14. The number of aliphatic imine (C=N–C) groups is 2. The van der Waals surface area contributed by atoms with E-state index in [4.69, 9.17) is 0 Å². The SMILES string of the molecule is Cc1ccccc1C1=C2C(=O)N=CN=C2N=N1. The Balaban J connectivity index is 2.23. The van der Waals surface area contributed by atoms with Gasteiger partial charge in [-0.25, -0.2) is 4.99 Å². The standard InChI is InChI=1S/C12H8N4O/c1-7-4-2-3-5-8(7)10-9-11(16-15-10)13-6-14-12(9)17/h2-6H,1H3. The minimum Gasteiger partial charge on any atom is -0.266 e. The Labute approximate surface area is 97.3 Å². The van der Waals surface area contributed by atoms with E-state index in [2.05, 4.69) is 20.2 Å². The van der Waals surface area contributed by atoms with Crippen LogP contribution in [-0.4, -0.2) is 18.1 Å². The van der Waals surface area contributed by atoms with Gasteiger partial charge in [0.1, 0.15) is 17.6 Å². The van der Waals surface area contributed by atoms with Crippen molar-refractivity contribution < 1.29 is 4.79 Å². The average molecular weight is 224 g/mol. The van der Waals surface area contributed by atoms with E-state index in [0.29, 0.717) is 17.1 Å². The summed E-state index contributed by atoms with van der Waals surface area (Å²) in [5.41, 5.74) is 2.88. The molecule has 0 spiro atoms. The Morgan fingerprint density at radius 1 is 1.12 bits per heavy atom. The van der Waals surface area contributed by atoms with Gasteiger partial charge in [-0.2, -0.15) is 4.99 Å². The van der Waals surface area contributed by atoms with Gasteiger partial charge in [0, 0.05) is 5.56 Å². The van der Waals surface area contributed by atoms with E-state index >= 15 is 0 Å². The highest BCUT2D eigenvalue weighted by Crippen LogP contribution is 2.30. The molecule has 1 aromatic rings. The van der Waals surface area contributed by atoms with Crippen molar-refractivity contribution in [3.8, 4) is 0 Å². The first-order valence-electron chi connectivity index (χ1n) is 5.14. The quantitative estimate of drug-likeness (QED) is 0.720. The van der Waals surface area contributed by atoms with Gasteiger partial charge in [-0.15, -0.1) is 10.2 Å². The molecule has 5 nitrogen and oxygen atoms in total. The van der Waals surface area contributed by atoms with E-state index in [1.54, 1.807) is 0 Å². The summed E-state index contributed by atoms with van der Waals surface area (Å²) in [7, 11) is 0. The number of carbonyl (C=O) groups is 1. The zero-order valence-corrected chi connectivity index (χ0v) is 9.08. The molecule has 0 saturated heterocycles.